The second kappa shape index (κ2) is 4.33. The molecule has 0 unspecified atom stereocenters. The Labute approximate surface area is 115 Å². The van der Waals surface area contributed by atoms with Crippen LogP contribution in [0.15, 0.2) is 12.1 Å². The first-order chi connectivity index (χ1) is 9.65. The SMILES string of the molecule is O[C@@H]1[C@H](O)[C@@H](O)C[C@@H]2c3cc4c(cc3CN[C@@H]12)OCO4. The maximum absolute atomic E-state index is 10.1. The largest absolute Gasteiger partial charge is 0.454 e. The van der Waals surface area contributed by atoms with Crippen molar-refractivity contribution in [1.29, 1.82) is 0 Å². The summed E-state index contributed by atoms with van der Waals surface area (Å²) in [6.07, 6.45) is -2.56. The van der Waals surface area contributed by atoms with Crippen LogP contribution >= 0.6 is 0 Å². The van der Waals surface area contributed by atoms with Crippen molar-refractivity contribution in [3.05, 3.63) is 23.3 Å². The summed E-state index contributed by atoms with van der Waals surface area (Å²) in [5.41, 5.74) is 2.15. The van der Waals surface area contributed by atoms with E-state index < -0.39 is 18.3 Å². The summed E-state index contributed by atoms with van der Waals surface area (Å²) in [6.45, 7) is 0.830. The van der Waals surface area contributed by atoms with E-state index in [1.807, 2.05) is 12.1 Å². The normalized spacial score (nSPS) is 38.2. The van der Waals surface area contributed by atoms with E-state index in [0.717, 1.165) is 16.9 Å². The molecule has 0 spiro atoms. The van der Waals surface area contributed by atoms with Gasteiger partial charge in [0.05, 0.1) is 12.2 Å². The number of fused-ring (bicyclic) bond motifs is 4. The van der Waals surface area contributed by atoms with Gasteiger partial charge in [-0.05, 0) is 29.7 Å². The zero-order valence-corrected chi connectivity index (χ0v) is 10.8. The van der Waals surface area contributed by atoms with E-state index in [4.69, 9.17) is 9.47 Å². The van der Waals surface area contributed by atoms with Gasteiger partial charge in [0.25, 0.3) is 0 Å². The first-order valence-corrected chi connectivity index (χ1v) is 6.85. The van der Waals surface area contributed by atoms with Crippen molar-refractivity contribution < 1.29 is 24.8 Å². The lowest BCUT2D eigenvalue weighted by atomic mass is 9.72. The summed E-state index contributed by atoms with van der Waals surface area (Å²) in [4.78, 5) is 0. The molecular formula is C14H17NO5. The second-order valence-electron chi connectivity index (χ2n) is 5.70. The fourth-order valence-electron chi connectivity index (χ4n) is 3.53. The van der Waals surface area contributed by atoms with E-state index in [1.54, 1.807) is 0 Å². The topological polar surface area (TPSA) is 91.2 Å². The molecule has 4 rings (SSSR count). The molecule has 2 heterocycles. The summed E-state index contributed by atoms with van der Waals surface area (Å²) < 4.78 is 10.8. The van der Waals surface area contributed by atoms with E-state index in [-0.39, 0.29) is 18.8 Å². The summed E-state index contributed by atoms with van der Waals surface area (Å²) >= 11 is 0. The highest BCUT2D eigenvalue weighted by atomic mass is 16.7. The van der Waals surface area contributed by atoms with Crippen molar-refractivity contribution in [2.24, 2.45) is 0 Å². The molecule has 0 radical (unpaired) electrons. The van der Waals surface area contributed by atoms with Crippen LogP contribution in [0.25, 0.3) is 0 Å². The first kappa shape index (κ1) is 12.4. The van der Waals surface area contributed by atoms with Gasteiger partial charge in [0, 0.05) is 18.5 Å². The minimum absolute atomic E-state index is 0.0401. The van der Waals surface area contributed by atoms with Crippen molar-refractivity contribution in [2.45, 2.75) is 43.2 Å². The van der Waals surface area contributed by atoms with Crippen molar-refractivity contribution in [3.8, 4) is 11.5 Å². The lowest BCUT2D eigenvalue weighted by Gasteiger charge is -2.45. The predicted octanol–water partition coefficient (Wildman–Crippen LogP) is -0.543. The van der Waals surface area contributed by atoms with Crippen LogP contribution in [-0.4, -0.2) is 46.5 Å². The van der Waals surface area contributed by atoms with Gasteiger partial charge in [-0.25, -0.2) is 0 Å². The smallest absolute Gasteiger partial charge is 0.231 e. The maximum Gasteiger partial charge on any atom is 0.231 e. The number of hydrogen-bond acceptors (Lipinski definition) is 6. The fourth-order valence-corrected chi connectivity index (χ4v) is 3.53. The van der Waals surface area contributed by atoms with Crippen LogP contribution in [-0.2, 0) is 6.54 Å². The van der Waals surface area contributed by atoms with Crippen LogP contribution in [0.4, 0.5) is 0 Å². The lowest BCUT2D eigenvalue weighted by molar-refractivity contribution is -0.107. The maximum atomic E-state index is 10.1. The second-order valence-corrected chi connectivity index (χ2v) is 5.70. The Bertz CT molecular complexity index is 549. The summed E-state index contributed by atoms with van der Waals surface area (Å²) in [5, 5.41) is 33.1. The average molecular weight is 279 g/mol. The Balaban J connectivity index is 1.75. The first-order valence-electron chi connectivity index (χ1n) is 6.85. The molecule has 6 nitrogen and oxygen atoms in total. The summed E-state index contributed by atoms with van der Waals surface area (Å²) in [7, 11) is 0. The monoisotopic (exact) mass is 279 g/mol. The van der Waals surface area contributed by atoms with Crippen LogP contribution in [0, 0.1) is 0 Å². The highest BCUT2D eigenvalue weighted by Gasteiger charge is 2.45. The van der Waals surface area contributed by atoms with Gasteiger partial charge in [0.1, 0.15) is 6.10 Å². The van der Waals surface area contributed by atoms with Gasteiger partial charge in [-0.3, -0.25) is 0 Å². The highest BCUT2D eigenvalue weighted by Crippen LogP contribution is 2.43. The Morgan fingerprint density at radius 2 is 1.80 bits per heavy atom. The molecule has 3 aliphatic rings. The molecular weight excluding hydrogens is 262 g/mol. The third-order valence-electron chi connectivity index (χ3n) is 4.60. The molecule has 1 saturated carbocycles. The Hall–Kier alpha value is -1.34. The predicted molar refractivity (Wildman–Crippen MR) is 68.6 cm³/mol. The van der Waals surface area contributed by atoms with E-state index in [1.165, 1.54) is 0 Å². The molecule has 1 aromatic rings. The average Bonchev–Trinajstić information content (AvgIpc) is 2.90. The quantitative estimate of drug-likeness (QED) is 0.510. The summed E-state index contributed by atoms with van der Waals surface area (Å²) in [6, 6.07) is 3.64. The number of aliphatic hydroxyl groups excluding tert-OH is 3. The molecule has 1 aliphatic carbocycles. The summed E-state index contributed by atoms with van der Waals surface area (Å²) in [5.74, 6) is 1.40. The van der Waals surface area contributed by atoms with Crippen LogP contribution in [0.1, 0.15) is 23.5 Å². The zero-order valence-electron chi connectivity index (χ0n) is 10.8. The molecule has 4 N–H and O–H groups in total. The van der Waals surface area contributed by atoms with Gasteiger partial charge in [-0.2, -0.15) is 0 Å². The molecule has 0 amide bonds. The van der Waals surface area contributed by atoms with Gasteiger partial charge in [0.15, 0.2) is 11.5 Å². The highest BCUT2D eigenvalue weighted by molar-refractivity contribution is 5.51. The van der Waals surface area contributed by atoms with E-state index in [2.05, 4.69) is 5.32 Å². The molecule has 2 aliphatic heterocycles. The minimum Gasteiger partial charge on any atom is -0.454 e. The third-order valence-corrected chi connectivity index (χ3v) is 4.60. The Morgan fingerprint density at radius 1 is 1.05 bits per heavy atom. The number of ether oxygens (including phenoxy) is 2. The Kier molecular flexibility index (Phi) is 2.68. The fraction of sp³-hybridized carbons (Fsp3) is 0.571. The number of rotatable bonds is 0. The van der Waals surface area contributed by atoms with Gasteiger partial charge >= 0.3 is 0 Å². The minimum atomic E-state index is -1.10. The number of aliphatic hydroxyl groups is 3. The molecule has 0 aromatic heterocycles. The van der Waals surface area contributed by atoms with Gasteiger partial charge < -0.3 is 30.1 Å². The molecule has 108 valence electrons. The van der Waals surface area contributed by atoms with Gasteiger partial charge in [-0.15, -0.1) is 0 Å². The van der Waals surface area contributed by atoms with E-state index in [0.29, 0.717) is 18.7 Å². The van der Waals surface area contributed by atoms with Crippen LogP contribution in [0.5, 0.6) is 11.5 Å². The molecule has 0 bridgehead atoms. The van der Waals surface area contributed by atoms with Gasteiger partial charge in [-0.1, -0.05) is 0 Å². The molecule has 5 atom stereocenters. The zero-order chi connectivity index (χ0) is 13.9. The number of nitrogens with one attached hydrogen (secondary N) is 1. The number of benzene rings is 1. The molecule has 6 heteroatoms. The Morgan fingerprint density at radius 3 is 2.60 bits per heavy atom. The van der Waals surface area contributed by atoms with Gasteiger partial charge in [0.2, 0.25) is 6.79 Å². The molecule has 20 heavy (non-hydrogen) atoms. The molecule has 1 aromatic carbocycles. The van der Waals surface area contributed by atoms with Crippen molar-refractivity contribution >= 4 is 0 Å². The van der Waals surface area contributed by atoms with Crippen molar-refractivity contribution in [2.75, 3.05) is 6.79 Å². The number of hydrogen-bond donors (Lipinski definition) is 4. The van der Waals surface area contributed by atoms with E-state index in [9.17, 15) is 15.3 Å². The molecule has 1 fully saturated rings. The van der Waals surface area contributed by atoms with Crippen molar-refractivity contribution in [1.82, 2.24) is 5.32 Å². The molecule has 0 saturated heterocycles. The third kappa shape index (κ3) is 1.66. The lowest BCUT2D eigenvalue weighted by Crippen LogP contribution is -2.59. The van der Waals surface area contributed by atoms with Crippen molar-refractivity contribution in [3.63, 3.8) is 0 Å². The van der Waals surface area contributed by atoms with Crippen LogP contribution in [0.3, 0.4) is 0 Å². The van der Waals surface area contributed by atoms with E-state index >= 15 is 0 Å². The standard InChI is InChI=1S/C14H17NO5/c16-9-2-8-7-3-11-10(19-5-20-11)1-6(7)4-15-12(8)14(18)13(9)17/h1,3,8-9,12-18H,2,4-5H2/t8-,9+,12-,13-,14+/m1/s1. The van der Waals surface area contributed by atoms with Crippen LogP contribution < -0.4 is 14.8 Å². The van der Waals surface area contributed by atoms with Crippen LogP contribution in [0.2, 0.25) is 0 Å².